The van der Waals surface area contributed by atoms with Crippen molar-refractivity contribution in [2.24, 2.45) is 0 Å². The van der Waals surface area contributed by atoms with E-state index in [0.717, 1.165) is 11.1 Å². The van der Waals surface area contributed by atoms with Crippen LogP contribution < -0.4 is 0 Å². The van der Waals surface area contributed by atoms with Crippen molar-refractivity contribution in [2.75, 3.05) is 20.8 Å². The van der Waals surface area contributed by atoms with E-state index in [1.165, 1.54) is 0 Å². The Labute approximate surface area is 153 Å². The van der Waals surface area contributed by atoms with Gasteiger partial charge in [0.25, 0.3) is 0 Å². The van der Waals surface area contributed by atoms with Gasteiger partial charge >= 0.3 is 0 Å². The highest BCUT2D eigenvalue weighted by Crippen LogP contribution is 2.40. The van der Waals surface area contributed by atoms with E-state index in [1.807, 2.05) is 60.7 Å². The maximum atomic E-state index is 6.34. The Balaban J connectivity index is 1.59. The maximum Gasteiger partial charge on any atom is 0.184 e. The minimum atomic E-state index is -0.426. The van der Waals surface area contributed by atoms with Crippen molar-refractivity contribution in [3.8, 4) is 0 Å². The molecule has 4 rings (SSSR count). The van der Waals surface area contributed by atoms with E-state index in [1.54, 1.807) is 14.2 Å². The highest BCUT2D eigenvalue weighted by molar-refractivity contribution is 5.21. The fraction of sp³-hybridized carbons (Fsp3) is 0.429. The van der Waals surface area contributed by atoms with Gasteiger partial charge in [0.05, 0.1) is 6.61 Å². The lowest BCUT2D eigenvalue weighted by atomic mass is 9.90. The van der Waals surface area contributed by atoms with Crippen LogP contribution in [0.5, 0.6) is 0 Å². The average molecular weight is 356 g/mol. The maximum absolute atomic E-state index is 6.34. The topological polar surface area (TPSA) is 46.2 Å². The molecule has 5 nitrogen and oxygen atoms in total. The van der Waals surface area contributed by atoms with Crippen molar-refractivity contribution >= 4 is 0 Å². The highest BCUT2D eigenvalue weighted by Gasteiger charge is 2.50. The number of fused-ring (bicyclic) bond motifs is 1. The fourth-order valence-electron chi connectivity index (χ4n) is 3.80. The second kappa shape index (κ2) is 7.86. The van der Waals surface area contributed by atoms with Crippen LogP contribution in [0, 0.1) is 0 Å². The van der Waals surface area contributed by atoms with Gasteiger partial charge in [-0.3, -0.25) is 0 Å². The summed E-state index contributed by atoms with van der Waals surface area (Å²) in [7, 11) is 3.38. The normalized spacial score (nSPS) is 34.2. The van der Waals surface area contributed by atoms with Gasteiger partial charge in [-0.25, -0.2) is 0 Å². The summed E-state index contributed by atoms with van der Waals surface area (Å²) >= 11 is 0. The fourth-order valence-corrected chi connectivity index (χ4v) is 3.80. The first-order valence-electron chi connectivity index (χ1n) is 8.90. The summed E-state index contributed by atoms with van der Waals surface area (Å²) < 4.78 is 30.1. The summed E-state index contributed by atoms with van der Waals surface area (Å²) in [6.07, 6.45) is -1.64. The van der Waals surface area contributed by atoms with Crippen LogP contribution in [0.3, 0.4) is 0 Å². The lowest BCUT2D eigenvalue weighted by Crippen LogP contribution is -2.60. The molecule has 0 N–H and O–H groups in total. The van der Waals surface area contributed by atoms with Crippen LogP contribution in [0.4, 0.5) is 0 Å². The molecule has 6 atom stereocenters. The Morgan fingerprint density at radius 2 is 1.38 bits per heavy atom. The zero-order valence-corrected chi connectivity index (χ0v) is 15.0. The lowest BCUT2D eigenvalue weighted by molar-refractivity contribution is -0.334. The molecule has 26 heavy (non-hydrogen) atoms. The van der Waals surface area contributed by atoms with Crippen molar-refractivity contribution in [1.29, 1.82) is 0 Å². The molecule has 0 aliphatic carbocycles. The molecule has 0 spiro atoms. The number of hydrogen-bond donors (Lipinski definition) is 0. The molecule has 0 bridgehead atoms. The Morgan fingerprint density at radius 1 is 0.769 bits per heavy atom. The van der Waals surface area contributed by atoms with Crippen LogP contribution in [-0.4, -0.2) is 45.2 Å². The smallest absolute Gasteiger partial charge is 0.184 e. The quantitative estimate of drug-likeness (QED) is 0.841. The Bertz CT molecular complexity index is 692. The second-order valence-electron chi connectivity index (χ2n) is 6.58. The Kier molecular flexibility index (Phi) is 5.33. The van der Waals surface area contributed by atoms with Crippen molar-refractivity contribution < 1.29 is 23.7 Å². The molecule has 2 aromatic carbocycles. The summed E-state index contributed by atoms with van der Waals surface area (Å²) in [6.45, 7) is 0.448. The molecule has 2 saturated heterocycles. The van der Waals surface area contributed by atoms with Gasteiger partial charge in [-0.2, -0.15) is 0 Å². The van der Waals surface area contributed by atoms with Gasteiger partial charge < -0.3 is 23.7 Å². The van der Waals surface area contributed by atoms with Gasteiger partial charge in [-0.1, -0.05) is 60.7 Å². The van der Waals surface area contributed by atoms with E-state index in [4.69, 9.17) is 23.7 Å². The monoisotopic (exact) mass is 356 g/mol. The summed E-state index contributed by atoms with van der Waals surface area (Å²) in [5.41, 5.74) is 2.05. The zero-order valence-electron chi connectivity index (χ0n) is 15.0. The summed E-state index contributed by atoms with van der Waals surface area (Å²) in [5, 5.41) is 0. The first kappa shape index (κ1) is 17.6. The average Bonchev–Trinajstić information content (AvgIpc) is 2.73. The van der Waals surface area contributed by atoms with Gasteiger partial charge in [0.15, 0.2) is 6.29 Å². The van der Waals surface area contributed by atoms with Crippen LogP contribution in [-0.2, 0) is 23.7 Å². The van der Waals surface area contributed by atoms with E-state index in [-0.39, 0.29) is 30.5 Å². The number of ether oxygens (including phenoxy) is 5. The van der Waals surface area contributed by atoms with Crippen molar-refractivity contribution in [2.45, 2.75) is 36.8 Å². The molecule has 138 valence electrons. The predicted octanol–water partition coefficient (Wildman–Crippen LogP) is 3.27. The molecule has 0 amide bonds. The number of rotatable bonds is 4. The predicted molar refractivity (Wildman–Crippen MR) is 95.7 cm³/mol. The van der Waals surface area contributed by atoms with Crippen LogP contribution in [0.25, 0.3) is 0 Å². The molecular weight excluding hydrogens is 332 g/mol. The van der Waals surface area contributed by atoms with Gasteiger partial charge in [-0.05, 0) is 5.56 Å². The molecule has 5 heteroatoms. The first-order chi connectivity index (χ1) is 12.8. The third-order valence-electron chi connectivity index (χ3n) is 5.07. The SMILES string of the molecule is CO[C@H]1[C@@H]2O[C@H](c3ccccc3)OC[C@H]2O[C@@H](c2ccccc2)[C@H]1OC. The molecular formula is C21H24O5. The second-order valence-corrected chi connectivity index (χ2v) is 6.58. The molecule has 2 heterocycles. The summed E-state index contributed by atoms with van der Waals surface area (Å²) in [4.78, 5) is 0. The van der Waals surface area contributed by atoms with Gasteiger partial charge in [0, 0.05) is 19.8 Å². The lowest BCUT2D eigenvalue weighted by Gasteiger charge is -2.48. The summed E-state index contributed by atoms with van der Waals surface area (Å²) in [6, 6.07) is 20.0. The first-order valence-corrected chi connectivity index (χ1v) is 8.90. The van der Waals surface area contributed by atoms with E-state index < -0.39 is 6.29 Å². The van der Waals surface area contributed by atoms with Crippen molar-refractivity contribution in [1.82, 2.24) is 0 Å². The van der Waals surface area contributed by atoms with Gasteiger partial charge in [-0.15, -0.1) is 0 Å². The minimum absolute atomic E-state index is 0.212. The molecule has 2 aliphatic heterocycles. The third-order valence-corrected chi connectivity index (χ3v) is 5.07. The zero-order chi connectivity index (χ0) is 17.9. The van der Waals surface area contributed by atoms with Crippen LogP contribution >= 0.6 is 0 Å². The number of methoxy groups -OCH3 is 2. The molecule has 0 unspecified atom stereocenters. The molecule has 0 radical (unpaired) electrons. The molecule has 2 aliphatic rings. The van der Waals surface area contributed by atoms with Crippen LogP contribution in [0.2, 0.25) is 0 Å². The van der Waals surface area contributed by atoms with Crippen molar-refractivity contribution in [3.05, 3.63) is 71.8 Å². The molecule has 2 aromatic rings. The van der Waals surface area contributed by atoms with E-state index in [0.29, 0.717) is 6.61 Å². The highest BCUT2D eigenvalue weighted by atomic mass is 16.7. The Hall–Kier alpha value is -1.76. The minimum Gasteiger partial charge on any atom is -0.376 e. The van der Waals surface area contributed by atoms with Gasteiger partial charge in [0.2, 0.25) is 0 Å². The van der Waals surface area contributed by atoms with Crippen LogP contribution in [0.1, 0.15) is 23.5 Å². The van der Waals surface area contributed by atoms with E-state index >= 15 is 0 Å². The molecule has 2 fully saturated rings. The number of hydrogen-bond acceptors (Lipinski definition) is 5. The van der Waals surface area contributed by atoms with E-state index in [9.17, 15) is 0 Å². The van der Waals surface area contributed by atoms with Crippen molar-refractivity contribution in [3.63, 3.8) is 0 Å². The largest absolute Gasteiger partial charge is 0.376 e. The standard InChI is InChI=1S/C21H24O5/c1-22-19-17(14-9-5-3-6-10-14)25-16-13-24-21(15-11-7-4-8-12-15)26-18(16)20(19)23-2/h3-12,16-21H,13H2,1-2H3/t16-,17+,18-,19-,20+,21-/m1/s1. The molecule has 0 saturated carbocycles. The Morgan fingerprint density at radius 3 is 2.00 bits per heavy atom. The molecule has 0 aromatic heterocycles. The third kappa shape index (κ3) is 3.29. The van der Waals surface area contributed by atoms with E-state index in [2.05, 4.69) is 0 Å². The van der Waals surface area contributed by atoms with Gasteiger partial charge in [0.1, 0.15) is 30.5 Å². The van der Waals surface area contributed by atoms with Crippen LogP contribution in [0.15, 0.2) is 60.7 Å². The summed E-state index contributed by atoms with van der Waals surface area (Å²) in [5.74, 6) is 0. The number of benzene rings is 2.